The van der Waals surface area contributed by atoms with Crippen LogP contribution in [0.5, 0.6) is 11.5 Å². The lowest BCUT2D eigenvalue weighted by Gasteiger charge is -2.40. The standard InChI is InChI=1S/C39H33BrNO2PS/c40-34-26-28-37(29-27-34)45-39(33-20-10-3-11-21-33)38(32-18-8-2-9-19-32)41(30-31-16-6-1-7-17-31)44(42-35-22-12-4-13-23-35)43-36-24-14-5-15-25-36/h1-29,38-39H,30H2. The lowest BCUT2D eigenvalue weighted by molar-refractivity contribution is 0.274. The maximum absolute atomic E-state index is 6.86. The van der Waals surface area contributed by atoms with Gasteiger partial charge >= 0.3 is 8.53 Å². The second kappa shape index (κ2) is 15.9. The van der Waals surface area contributed by atoms with Gasteiger partial charge in [-0.3, -0.25) is 0 Å². The molecule has 6 aromatic carbocycles. The van der Waals surface area contributed by atoms with E-state index in [0.717, 1.165) is 16.0 Å². The molecule has 0 spiro atoms. The highest BCUT2D eigenvalue weighted by Gasteiger charge is 2.39. The van der Waals surface area contributed by atoms with Crippen molar-refractivity contribution in [1.29, 1.82) is 0 Å². The molecule has 0 aromatic heterocycles. The number of thioether (sulfide) groups is 1. The minimum absolute atomic E-state index is 0.00207. The van der Waals surface area contributed by atoms with Crippen molar-refractivity contribution >= 4 is 36.2 Å². The average molecular weight is 691 g/mol. The van der Waals surface area contributed by atoms with Gasteiger partial charge in [0.15, 0.2) is 0 Å². The molecule has 0 saturated heterocycles. The molecule has 0 fully saturated rings. The summed E-state index contributed by atoms with van der Waals surface area (Å²) in [5.74, 6) is 1.53. The first-order valence-corrected chi connectivity index (χ1v) is 17.6. The third-order valence-corrected chi connectivity index (χ3v) is 10.6. The Morgan fingerprint density at radius 1 is 0.533 bits per heavy atom. The number of hydrogen-bond donors (Lipinski definition) is 0. The van der Waals surface area contributed by atoms with E-state index in [4.69, 9.17) is 9.05 Å². The Labute approximate surface area is 280 Å². The molecule has 0 N–H and O–H groups in total. The third-order valence-electron chi connectivity index (χ3n) is 7.20. The maximum Gasteiger partial charge on any atom is 0.385 e. The minimum atomic E-state index is -1.65. The fourth-order valence-electron chi connectivity index (χ4n) is 5.07. The molecular weight excluding hydrogens is 657 g/mol. The summed E-state index contributed by atoms with van der Waals surface area (Å²) >= 11 is 5.48. The van der Waals surface area contributed by atoms with Gasteiger partial charge in [0.2, 0.25) is 0 Å². The van der Waals surface area contributed by atoms with E-state index in [-0.39, 0.29) is 11.3 Å². The number of benzene rings is 6. The second-order valence-electron chi connectivity index (χ2n) is 10.4. The molecule has 0 heterocycles. The van der Waals surface area contributed by atoms with Crippen LogP contribution in [0.25, 0.3) is 0 Å². The van der Waals surface area contributed by atoms with Crippen LogP contribution in [0.2, 0.25) is 0 Å². The van der Waals surface area contributed by atoms with Crippen molar-refractivity contribution in [3.63, 3.8) is 0 Å². The number of rotatable bonds is 13. The smallest absolute Gasteiger partial charge is 0.385 e. The number of hydrogen-bond acceptors (Lipinski definition) is 4. The minimum Gasteiger partial charge on any atom is -0.427 e. The van der Waals surface area contributed by atoms with Crippen LogP contribution < -0.4 is 9.05 Å². The van der Waals surface area contributed by atoms with Crippen molar-refractivity contribution in [1.82, 2.24) is 4.67 Å². The molecule has 45 heavy (non-hydrogen) atoms. The summed E-state index contributed by atoms with van der Waals surface area (Å²) < 4.78 is 17.2. The molecule has 2 unspecified atom stereocenters. The topological polar surface area (TPSA) is 21.7 Å². The third kappa shape index (κ3) is 8.65. The fraction of sp³-hybridized carbons (Fsp3) is 0.0769. The quantitative estimate of drug-likeness (QED) is 0.0888. The number of nitrogens with zero attached hydrogens (tertiary/aromatic N) is 1. The van der Waals surface area contributed by atoms with Crippen LogP contribution in [-0.4, -0.2) is 4.67 Å². The van der Waals surface area contributed by atoms with E-state index in [2.05, 4.69) is 136 Å². The molecule has 224 valence electrons. The molecule has 6 rings (SSSR count). The van der Waals surface area contributed by atoms with Crippen LogP contribution in [0.15, 0.2) is 185 Å². The van der Waals surface area contributed by atoms with Crippen LogP contribution in [0.4, 0.5) is 0 Å². The first-order chi connectivity index (χ1) is 22.2. The van der Waals surface area contributed by atoms with Crippen LogP contribution >= 0.6 is 36.2 Å². The van der Waals surface area contributed by atoms with Gasteiger partial charge in [-0.15, -0.1) is 11.8 Å². The monoisotopic (exact) mass is 689 g/mol. The highest BCUT2D eigenvalue weighted by Crippen LogP contribution is 2.56. The fourth-order valence-corrected chi connectivity index (χ4v) is 8.33. The highest BCUT2D eigenvalue weighted by molar-refractivity contribution is 9.10. The molecule has 0 radical (unpaired) electrons. The summed E-state index contributed by atoms with van der Waals surface area (Å²) in [7, 11) is -1.65. The SMILES string of the molecule is Brc1ccc(SC(c2ccccc2)C(c2ccccc2)N(Cc2ccccc2)P(Oc2ccccc2)Oc2ccccc2)cc1. The van der Waals surface area contributed by atoms with E-state index in [0.29, 0.717) is 6.54 Å². The first kappa shape index (κ1) is 31.1. The Kier molecular flexibility index (Phi) is 11.0. The van der Waals surface area contributed by atoms with Gasteiger partial charge < -0.3 is 9.05 Å². The van der Waals surface area contributed by atoms with Crippen molar-refractivity contribution in [2.24, 2.45) is 0 Å². The van der Waals surface area contributed by atoms with Crippen molar-refractivity contribution in [2.45, 2.75) is 22.7 Å². The van der Waals surface area contributed by atoms with Gasteiger partial charge in [-0.2, -0.15) is 0 Å². The van der Waals surface area contributed by atoms with Gasteiger partial charge in [0.25, 0.3) is 0 Å². The molecule has 3 nitrogen and oxygen atoms in total. The molecule has 0 aliphatic carbocycles. The Morgan fingerprint density at radius 3 is 1.49 bits per heavy atom. The van der Waals surface area contributed by atoms with Crippen molar-refractivity contribution < 1.29 is 9.05 Å². The lowest BCUT2D eigenvalue weighted by Crippen LogP contribution is -2.31. The van der Waals surface area contributed by atoms with Gasteiger partial charge in [-0.05, 0) is 65.2 Å². The summed E-state index contributed by atoms with van der Waals surface area (Å²) in [6.07, 6.45) is 0. The zero-order valence-corrected chi connectivity index (χ0v) is 27.9. The van der Waals surface area contributed by atoms with E-state index in [1.54, 1.807) is 0 Å². The largest absolute Gasteiger partial charge is 0.427 e. The van der Waals surface area contributed by atoms with E-state index < -0.39 is 8.53 Å². The van der Waals surface area contributed by atoms with E-state index in [9.17, 15) is 0 Å². The summed E-state index contributed by atoms with van der Waals surface area (Å²) in [6, 6.07) is 60.5. The van der Waals surface area contributed by atoms with Gasteiger partial charge in [0, 0.05) is 15.9 Å². The van der Waals surface area contributed by atoms with E-state index >= 15 is 0 Å². The van der Waals surface area contributed by atoms with Crippen LogP contribution in [-0.2, 0) is 6.54 Å². The van der Waals surface area contributed by atoms with Gasteiger partial charge in [-0.1, -0.05) is 143 Å². The summed E-state index contributed by atoms with van der Waals surface area (Å²) in [5.41, 5.74) is 3.60. The van der Waals surface area contributed by atoms with Gasteiger partial charge in [0.1, 0.15) is 11.5 Å². The number of para-hydroxylation sites is 2. The molecule has 2 atom stereocenters. The van der Waals surface area contributed by atoms with E-state index in [1.807, 2.05) is 72.4 Å². The molecule has 0 bridgehead atoms. The molecule has 0 aliphatic heterocycles. The Bertz CT molecular complexity index is 1670. The van der Waals surface area contributed by atoms with Crippen molar-refractivity contribution in [3.8, 4) is 11.5 Å². The number of halogens is 1. The lowest BCUT2D eigenvalue weighted by atomic mass is 9.97. The molecular formula is C39H33BrNO2PS. The molecule has 0 saturated carbocycles. The zero-order valence-electron chi connectivity index (χ0n) is 24.6. The Morgan fingerprint density at radius 2 is 0.978 bits per heavy atom. The Balaban J connectivity index is 1.53. The maximum atomic E-state index is 6.86. The Hall–Kier alpha value is -3.86. The molecule has 6 heteroatoms. The average Bonchev–Trinajstić information content (AvgIpc) is 3.10. The molecule has 6 aromatic rings. The van der Waals surface area contributed by atoms with Crippen LogP contribution in [0.1, 0.15) is 28.0 Å². The van der Waals surface area contributed by atoms with Gasteiger partial charge in [-0.25, -0.2) is 4.67 Å². The van der Waals surface area contributed by atoms with E-state index in [1.165, 1.54) is 21.6 Å². The normalized spacial score (nSPS) is 12.5. The molecule has 0 amide bonds. The first-order valence-electron chi connectivity index (χ1n) is 14.8. The second-order valence-corrected chi connectivity index (χ2v) is 13.9. The van der Waals surface area contributed by atoms with Crippen molar-refractivity contribution in [2.75, 3.05) is 0 Å². The zero-order chi connectivity index (χ0) is 30.7. The van der Waals surface area contributed by atoms with Crippen molar-refractivity contribution in [3.05, 3.63) is 197 Å². The van der Waals surface area contributed by atoms with Gasteiger partial charge in [0.05, 0.1) is 11.3 Å². The highest BCUT2D eigenvalue weighted by atomic mass is 79.9. The van der Waals surface area contributed by atoms with Crippen LogP contribution in [0, 0.1) is 0 Å². The molecule has 0 aliphatic rings. The predicted molar refractivity (Wildman–Crippen MR) is 191 cm³/mol. The van der Waals surface area contributed by atoms with Crippen LogP contribution in [0.3, 0.4) is 0 Å². The predicted octanol–water partition coefficient (Wildman–Crippen LogP) is 11.9. The summed E-state index contributed by atoms with van der Waals surface area (Å²) in [6.45, 7) is 0.621. The summed E-state index contributed by atoms with van der Waals surface area (Å²) in [4.78, 5) is 1.19. The summed E-state index contributed by atoms with van der Waals surface area (Å²) in [5, 5.41) is 0.00207.